The van der Waals surface area contributed by atoms with Crippen molar-refractivity contribution in [2.45, 2.75) is 13.5 Å². The number of carbonyl (C=O) groups is 2. The van der Waals surface area contributed by atoms with Crippen LogP contribution in [-0.4, -0.2) is 52.2 Å². The van der Waals surface area contributed by atoms with Crippen LogP contribution in [0.25, 0.3) is 0 Å². The third-order valence-corrected chi connectivity index (χ3v) is 2.72. The Morgan fingerprint density at radius 1 is 1.39 bits per heavy atom. The Kier molecular flexibility index (Phi) is 9.50. The number of hydrazine groups is 1. The molecule has 0 atom stereocenters. The van der Waals surface area contributed by atoms with E-state index in [0.29, 0.717) is 23.1 Å². The standard InChI is InChI=1S/C8H9NO3.C6H7N3O.Ga/c1-5-8(12)7(4-11)6(3-10)2-9-5;7-9-6(10)5-1-3-8-4-2-5;/h2,4,10,12H,3H2,1H3;1-4H,7H2,(H,9,10);. The minimum atomic E-state index is -0.303. The topological polar surface area (TPSA) is 138 Å². The monoisotopic (exact) mass is 373 g/mol. The van der Waals surface area contributed by atoms with Crippen molar-refractivity contribution in [1.82, 2.24) is 15.4 Å². The zero-order valence-electron chi connectivity index (χ0n) is 12.4. The molecule has 0 aromatic carbocycles. The number of aromatic hydroxyl groups is 1. The largest absolute Gasteiger partial charge is 0.505 e. The van der Waals surface area contributed by atoms with Gasteiger partial charge in [-0.2, -0.15) is 0 Å². The number of aryl methyl sites for hydroxylation is 1. The van der Waals surface area contributed by atoms with E-state index in [1.807, 2.05) is 5.43 Å². The fourth-order valence-corrected chi connectivity index (χ4v) is 1.50. The first-order valence-corrected chi connectivity index (χ1v) is 6.19. The van der Waals surface area contributed by atoms with Gasteiger partial charge in [0.05, 0.1) is 17.9 Å². The number of aldehydes is 1. The molecular formula is C14H16GaN4O4. The van der Waals surface area contributed by atoms with Crippen LogP contribution in [0.4, 0.5) is 0 Å². The molecule has 3 radical (unpaired) electrons. The molecule has 0 fully saturated rings. The SMILES string of the molecule is Cc1ncc(CO)c(C=O)c1O.NNC(=O)c1ccncc1.[Ga]. The Morgan fingerprint density at radius 2 is 2.00 bits per heavy atom. The van der Waals surface area contributed by atoms with Gasteiger partial charge in [0, 0.05) is 49.5 Å². The van der Waals surface area contributed by atoms with Crippen molar-refractivity contribution < 1.29 is 19.8 Å². The van der Waals surface area contributed by atoms with E-state index in [-0.39, 0.29) is 43.6 Å². The van der Waals surface area contributed by atoms with E-state index in [4.69, 9.17) is 10.9 Å². The van der Waals surface area contributed by atoms with Crippen molar-refractivity contribution in [3.63, 3.8) is 0 Å². The number of aliphatic hydroxyl groups excluding tert-OH is 1. The molecule has 0 spiro atoms. The second kappa shape index (κ2) is 10.5. The average molecular weight is 374 g/mol. The maximum Gasteiger partial charge on any atom is 0.265 e. The Balaban J connectivity index is 0.000000409. The number of aromatic nitrogens is 2. The Bertz CT molecular complexity index is 653. The van der Waals surface area contributed by atoms with Gasteiger partial charge in [-0.3, -0.25) is 25.0 Å². The smallest absolute Gasteiger partial charge is 0.265 e. The second-order valence-corrected chi connectivity index (χ2v) is 4.12. The maximum atomic E-state index is 10.7. The quantitative estimate of drug-likeness (QED) is 0.190. The molecule has 119 valence electrons. The van der Waals surface area contributed by atoms with Crippen LogP contribution in [0.5, 0.6) is 5.75 Å². The molecule has 2 rings (SSSR count). The molecule has 0 aliphatic heterocycles. The van der Waals surface area contributed by atoms with Crippen molar-refractivity contribution in [3.05, 3.63) is 53.1 Å². The van der Waals surface area contributed by atoms with Gasteiger partial charge in [-0.25, -0.2) is 5.84 Å². The molecule has 1 amide bonds. The summed E-state index contributed by atoms with van der Waals surface area (Å²) in [4.78, 5) is 28.7. The summed E-state index contributed by atoms with van der Waals surface area (Å²) in [5.41, 5.74) is 3.37. The molecule has 0 aliphatic rings. The summed E-state index contributed by atoms with van der Waals surface area (Å²) < 4.78 is 0. The summed E-state index contributed by atoms with van der Waals surface area (Å²) in [6.07, 6.45) is 4.95. The van der Waals surface area contributed by atoms with Crippen LogP contribution in [0.2, 0.25) is 0 Å². The number of nitrogen functional groups attached to an aromatic ring is 1. The number of aliphatic hydroxyl groups is 1. The van der Waals surface area contributed by atoms with Crippen LogP contribution in [0.1, 0.15) is 32.0 Å². The molecule has 9 heteroatoms. The van der Waals surface area contributed by atoms with Crippen molar-refractivity contribution in [3.8, 4) is 5.75 Å². The Hall–Kier alpha value is -2.20. The first-order chi connectivity index (χ1) is 10.5. The third kappa shape index (κ3) is 5.83. The summed E-state index contributed by atoms with van der Waals surface area (Å²) >= 11 is 0. The van der Waals surface area contributed by atoms with Gasteiger partial charge in [-0.1, -0.05) is 0 Å². The molecule has 23 heavy (non-hydrogen) atoms. The van der Waals surface area contributed by atoms with E-state index >= 15 is 0 Å². The molecule has 0 saturated heterocycles. The van der Waals surface area contributed by atoms with Crippen molar-refractivity contribution in [2.75, 3.05) is 0 Å². The molecule has 0 saturated carbocycles. The van der Waals surface area contributed by atoms with Crippen LogP contribution in [0, 0.1) is 6.92 Å². The first-order valence-electron chi connectivity index (χ1n) is 6.19. The van der Waals surface area contributed by atoms with E-state index in [1.54, 1.807) is 19.1 Å². The molecule has 2 aromatic rings. The maximum absolute atomic E-state index is 10.7. The molecule has 0 unspecified atom stereocenters. The average Bonchev–Trinajstić information content (AvgIpc) is 2.57. The van der Waals surface area contributed by atoms with Crippen molar-refractivity contribution >= 4 is 32.0 Å². The Labute approximate surface area is 145 Å². The Morgan fingerprint density at radius 3 is 2.48 bits per heavy atom. The predicted molar refractivity (Wildman–Crippen MR) is 83.6 cm³/mol. The fraction of sp³-hybridized carbons (Fsp3) is 0.143. The second-order valence-electron chi connectivity index (χ2n) is 4.12. The summed E-state index contributed by atoms with van der Waals surface area (Å²) in [5.74, 6) is 4.42. The third-order valence-electron chi connectivity index (χ3n) is 2.72. The van der Waals surface area contributed by atoms with Gasteiger partial charge in [-0.05, 0) is 19.1 Å². The van der Waals surface area contributed by atoms with Crippen LogP contribution in [-0.2, 0) is 6.61 Å². The van der Waals surface area contributed by atoms with Gasteiger partial charge in [0.1, 0.15) is 5.75 Å². The number of nitrogens with one attached hydrogen (secondary N) is 1. The zero-order valence-corrected chi connectivity index (χ0v) is 14.9. The number of hydrogen-bond donors (Lipinski definition) is 4. The molecule has 0 bridgehead atoms. The van der Waals surface area contributed by atoms with E-state index in [1.165, 1.54) is 18.6 Å². The number of hydrogen-bond acceptors (Lipinski definition) is 7. The molecular weight excluding hydrogens is 358 g/mol. The number of nitrogens with two attached hydrogens (primary N) is 1. The van der Waals surface area contributed by atoms with Crippen LogP contribution < -0.4 is 11.3 Å². The van der Waals surface area contributed by atoms with Gasteiger partial charge < -0.3 is 10.2 Å². The van der Waals surface area contributed by atoms with Crippen LogP contribution >= 0.6 is 0 Å². The molecule has 2 heterocycles. The van der Waals surface area contributed by atoms with E-state index < -0.39 is 0 Å². The molecule has 0 aliphatic carbocycles. The van der Waals surface area contributed by atoms with E-state index in [0.717, 1.165) is 0 Å². The summed E-state index contributed by atoms with van der Waals surface area (Å²) in [7, 11) is 0. The van der Waals surface area contributed by atoms with Crippen LogP contribution in [0.15, 0.2) is 30.7 Å². The summed E-state index contributed by atoms with van der Waals surface area (Å²) in [5, 5.41) is 18.1. The van der Waals surface area contributed by atoms with Gasteiger partial charge in [-0.15, -0.1) is 0 Å². The molecule has 5 N–H and O–H groups in total. The van der Waals surface area contributed by atoms with Crippen molar-refractivity contribution in [2.24, 2.45) is 5.84 Å². The predicted octanol–water partition coefficient (Wildman–Crippen LogP) is -0.295. The zero-order chi connectivity index (χ0) is 16.5. The number of amides is 1. The first kappa shape index (κ1) is 20.8. The van der Waals surface area contributed by atoms with Gasteiger partial charge in [0.2, 0.25) is 0 Å². The van der Waals surface area contributed by atoms with Gasteiger partial charge in [0.25, 0.3) is 5.91 Å². The fourth-order valence-electron chi connectivity index (χ4n) is 1.50. The minimum absolute atomic E-state index is 0. The minimum Gasteiger partial charge on any atom is -0.505 e. The van der Waals surface area contributed by atoms with Gasteiger partial charge in [0.15, 0.2) is 6.29 Å². The number of nitrogens with zero attached hydrogens (tertiary/aromatic N) is 2. The summed E-state index contributed by atoms with van der Waals surface area (Å²) in [6.45, 7) is 1.29. The molecule has 8 nitrogen and oxygen atoms in total. The number of carbonyl (C=O) groups excluding carboxylic acids is 2. The number of pyridine rings is 2. The molecule has 2 aromatic heterocycles. The summed E-state index contributed by atoms with van der Waals surface area (Å²) in [6, 6.07) is 3.17. The number of rotatable bonds is 3. The van der Waals surface area contributed by atoms with E-state index in [2.05, 4.69) is 9.97 Å². The van der Waals surface area contributed by atoms with Crippen LogP contribution in [0.3, 0.4) is 0 Å². The van der Waals surface area contributed by atoms with Gasteiger partial charge >= 0.3 is 0 Å². The van der Waals surface area contributed by atoms with Crippen molar-refractivity contribution in [1.29, 1.82) is 0 Å². The normalized spacial score (nSPS) is 9.00. The van der Waals surface area contributed by atoms with E-state index in [9.17, 15) is 14.7 Å².